The van der Waals surface area contributed by atoms with Crippen LogP contribution < -0.4 is 16.1 Å². The highest BCUT2D eigenvalue weighted by Gasteiger charge is 2.30. The average Bonchev–Trinajstić information content (AvgIpc) is 3.10. The summed E-state index contributed by atoms with van der Waals surface area (Å²) in [5.41, 5.74) is 2.14. The molecule has 1 aromatic carbocycles. The predicted octanol–water partition coefficient (Wildman–Crippen LogP) is 2.68. The lowest BCUT2D eigenvalue weighted by molar-refractivity contribution is 0.137. The lowest BCUT2D eigenvalue weighted by Crippen LogP contribution is -2.41. The molecular formula is C21H26ClN5O3. The summed E-state index contributed by atoms with van der Waals surface area (Å²) in [6.07, 6.45) is 0. The molecule has 4 rings (SSSR count). The Balaban J connectivity index is 1.95. The second kappa shape index (κ2) is 7.92. The fourth-order valence-electron chi connectivity index (χ4n) is 4.08. The van der Waals surface area contributed by atoms with E-state index in [1.165, 1.54) is 9.13 Å². The molecule has 0 saturated carbocycles. The van der Waals surface area contributed by atoms with E-state index in [0.717, 1.165) is 17.8 Å². The molecule has 2 aromatic heterocycles. The number of hydrogen-bond acceptors (Lipinski definition) is 5. The monoisotopic (exact) mass is 431 g/mol. The SMILES string of the molecule is CCOCCn1c(=O)c2c(nc3n2C[C@H](C)CN3c2cc(Cl)ccc2C)n(C)c1=O. The maximum absolute atomic E-state index is 13.3. The molecule has 0 bridgehead atoms. The van der Waals surface area contributed by atoms with Crippen LogP contribution in [0, 0.1) is 12.8 Å². The highest BCUT2D eigenvalue weighted by Crippen LogP contribution is 2.35. The molecule has 0 unspecified atom stereocenters. The normalized spacial score (nSPS) is 16.3. The molecular weight excluding hydrogens is 406 g/mol. The number of aryl methyl sites for hydroxylation is 2. The van der Waals surface area contributed by atoms with Crippen LogP contribution in [0.25, 0.3) is 11.2 Å². The summed E-state index contributed by atoms with van der Waals surface area (Å²) in [6.45, 7) is 8.49. The number of imidazole rings is 1. The number of nitrogens with zero attached hydrogens (tertiary/aromatic N) is 5. The van der Waals surface area contributed by atoms with Gasteiger partial charge in [-0.25, -0.2) is 4.79 Å². The molecule has 0 radical (unpaired) electrons. The Morgan fingerprint density at radius 3 is 2.77 bits per heavy atom. The third-order valence-corrected chi connectivity index (χ3v) is 5.80. The van der Waals surface area contributed by atoms with Crippen molar-refractivity contribution >= 4 is 34.4 Å². The first-order chi connectivity index (χ1) is 14.3. The van der Waals surface area contributed by atoms with E-state index in [4.69, 9.17) is 21.3 Å². The Hall–Kier alpha value is -2.58. The van der Waals surface area contributed by atoms with Crippen LogP contribution >= 0.6 is 11.6 Å². The van der Waals surface area contributed by atoms with Gasteiger partial charge in [0, 0.05) is 37.5 Å². The molecule has 9 heteroatoms. The Morgan fingerprint density at radius 1 is 1.27 bits per heavy atom. The summed E-state index contributed by atoms with van der Waals surface area (Å²) in [4.78, 5) is 32.9. The summed E-state index contributed by atoms with van der Waals surface area (Å²) >= 11 is 6.27. The van der Waals surface area contributed by atoms with E-state index >= 15 is 0 Å². The largest absolute Gasteiger partial charge is 0.380 e. The maximum Gasteiger partial charge on any atom is 0.332 e. The van der Waals surface area contributed by atoms with Gasteiger partial charge in [-0.3, -0.25) is 13.9 Å². The number of ether oxygens (including phenoxy) is 1. The van der Waals surface area contributed by atoms with Gasteiger partial charge in [-0.2, -0.15) is 4.98 Å². The van der Waals surface area contributed by atoms with E-state index in [9.17, 15) is 9.59 Å². The fourth-order valence-corrected chi connectivity index (χ4v) is 4.24. The van der Waals surface area contributed by atoms with E-state index < -0.39 is 0 Å². The van der Waals surface area contributed by atoms with Gasteiger partial charge in [0.2, 0.25) is 5.95 Å². The molecule has 0 fully saturated rings. The van der Waals surface area contributed by atoms with Crippen molar-refractivity contribution in [3.05, 3.63) is 49.6 Å². The van der Waals surface area contributed by atoms with Crippen molar-refractivity contribution in [1.29, 1.82) is 0 Å². The highest BCUT2D eigenvalue weighted by atomic mass is 35.5. The van der Waals surface area contributed by atoms with Crippen molar-refractivity contribution in [2.24, 2.45) is 13.0 Å². The zero-order chi connectivity index (χ0) is 21.6. The van der Waals surface area contributed by atoms with Crippen LogP contribution in [0.15, 0.2) is 27.8 Å². The van der Waals surface area contributed by atoms with E-state index in [1.54, 1.807) is 7.05 Å². The molecule has 0 aliphatic carbocycles. The van der Waals surface area contributed by atoms with Crippen LogP contribution in [0.5, 0.6) is 0 Å². The van der Waals surface area contributed by atoms with Gasteiger partial charge in [0.25, 0.3) is 5.56 Å². The molecule has 3 aromatic rings. The zero-order valence-electron chi connectivity index (χ0n) is 17.7. The molecule has 1 atom stereocenters. The number of fused-ring (bicyclic) bond motifs is 3. The minimum Gasteiger partial charge on any atom is -0.380 e. The Morgan fingerprint density at radius 2 is 2.03 bits per heavy atom. The molecule has 0 N–H and O–H groups in total. The second-order valence-corrected chi connectivity index (χ2v) is 8.27. The first-order valence-electron chi connectivity index (χ1n) is 10.1. The second-order valence-electron chi connectivity index (χ2n) is 7.84. The van der Waals surface area contributed by atoms with Crippen LogP contribution in [0.3, 0.4) is 0 Å². The van der Waals surface area contributed by atoms with Gasteiger partial charge in [-0.05, 0) is 37.5 Å². The van der Waals surface area contributed by atoms with Crippen molar-refractivity contribution in [2.45, 2.75) is 33.9 Å². The lowest BCUT2D eigenvalue weighted by Gasteiger charge is -2.33. The lowest BCUT2D eigenvalue weighted by atomic mass is 10.1. The van der Waals surface area contributed by atoms with E-state index in [-0.39, 0.29) is 23.7 Å². The standard InChI is InChI=1S/C21H26ClN5O3/c1-5-30-9-8-25-19(28)17-18(24(4)21(25)29)23-20-26(11-13(2)12-27(17)20)16-10-15(22)7-6-14(16)3/h6-7,10,13H,5,8-9,11-12H2,1-4H3/t13-/m1/s1. The van der Waals surface area contributed by atoms with Gasteiger partial charge < -0.3 is 14.2 Å². The van der Waals surface area contributed by atoms with Crippen LogP contribution in [-0.2, 0) is 24.9 Å². The summed E-state index contributed by atoms with van der Waals surface area (Å²) in [7, 11) is 1.65. The minimum atomic E-state index is -0.388. The van der Waals surface area contributed by atoms with Gasteiger partial charge in [0.05, 0.1) is 13.2 Å². The van der Waals surface area contributed by atoms with Gasteiger partial charge in [-0.15, -0.1) is 0 Å². The van der Waals surface area contributed by atoms with Gasteiger partial charge in [-0.1, -0.05) is 24.6 Å². The number of hydrogen-bond donors (Lipinski definition) is 0. The first kappa shape index (κ1) is 20.7. The molecule has 30 heavy (non-hydrogen) atoms. The molecule has 0 spiro atoms. The average molecular weight is 432 g/mol. The molecule has 1 aliphatic heterocycles. The summed E-state index contributed by atoms with van der Waals surface area (Å²) in [6, 6.07) is 5.75. The van der Waals surface area contributed by atoms with Crippen molar-refractivity contribution in [3.63, 3.8) is 0 Å². The number of aromatic nitrogens is 4. The zero-order valence-corrected chi connectivity index (χ0v) is 18.4. The van der Waals surface area contributed by atoms with Gasteiger partial charge in [0.15, 0.2) is 11.2 Å². The van der Waals surface area contributed by atoms with Crippen molar-refractivity contribution in [3.8, 4) is 0 Å². The third kappa shape index (κ3) is 3.33. The highest BCUT2D eigenvalue weighted by molar-refractivity contribution is 6.30. The van der Waals surface area contributed by atoms with Crippen molar-refractivity contribution < 1.29 is 4.74 Å². The topological polar surface area (TPSA) is 74.3 Å². The Labute approximate surface area is 179 Å². The molecule has 0 saturated heterocycles. The summed E-state index contributed by atoms with van der Waals surface area (Å²) in [5.74, 6) is 0.935. The summed E-state index contributed by atoms with van der Waals surface area (Å²) in [5, 5.41) is 0.641. The number of benzene rings is 1. The van der Waals surface area contributed by atoms with Gasteiger partial charge in [0.1, 0.15) is 0 Å². The van der Waals surface area contributed by atoms with Crippen molar-refractivity contribution in [2.75, 3.05) is 24.7 Å². The molecule has 8 nitrogen and oxygen atoms in total. The van der Waals surface area contributed by atoms with E-state index in [2.05, 4.69) is 11.8 Å². The molecule has 1 aliphatic rings. The third-order valence-electron chi connectivity index (χ3n) is 5.57. The Kier molecular flexibility index (Phi) is 5.46. The fraction of sp³-hybridized carbons (Fsp3) is 0.476. The molecule has 3 heterocycles. The smallest absolute Gasteiger partial charge is 0.332 e. The van der Waals surface area contributed by atoms with Gasteiger partial charge >= 0.3 is 5.69 Å². The Bertz CT molecular complexity index is 1230. The number of anilines is 2. The van der Waals surface area contributed by atoms with Crippen LogP contribution in [0.2, 0.25) is 5.02 Å². The molecule has 0 amide bonds. The maximum atomic E-state index is 13.3. The van der Waals surface area contributed by atoms with Crippen LogP contribution in [0.4, 0.5) is 11.6 Å². The van der Waals surface area contributed by atoms with E-state index in [1.807, 2.05) is 36.6 Å². The van der Waals surface area contributed by atoms with Crippen molar-refractivity contribution in [1.82, 2.24) is 18.7 Å². The minimum absolute atomic E-state index is 0.211. The number of halogens is 1. The predicted molar refractivity (Wildman–Crippen MR) is 118 cm³/mol. The molecule has 160 valence electrons. The quantitative estimate of drug-likeness (QED) is 0.580. The number of rotatable bonds is 5. The first-order valence-corrected chi connectivity index (χ1v) is 10.5. The van der Waals surface area contributed by atoms with E-state index in [0.29, 0.717) is 41.9 Å². The summed E-state index contributed by atoms with van der Waals surface area (Å²) < 4.78 is 9.98. The van der Waals surface area contributed by atoms with Crippen LogP contribution in [0.1, 0.15) is 19.4 Å². The van der Waals surface area contributed by atoms with Crippen LogP contribution in [-0.4, -0.2) is 38.4 Å².